The number of hydrogen-bond acceptors (Lipinski definition) is 8. The van der Waals surface area contributed by atoms with Gasteiger partial charge in [-0.05, 0) is 38.0 Å². The summed E-state index contributed by atoms with van der Waals surface area (Å²) in [4.78, 5) is 5.86. The van der Waals surface area contributed by atoms with Crippen LogP contribution < -0.4 is 9.47 Å². The SMILES string of the molecule is COCOc1cc(-n2ccnc2)ccc1-c1ccc(O[C@@H]2C3CC([C@@H]2F)N(B(C)O)C3)nn1. The quantitative estimate of drug-likeness (QED) is 0.410. The maximum absolute atomic E-state index is 14.9. The van der Waals surface area contributed by atoms with Gasteiger partial charge in [0.2, 0.25) is 5.88 Å². The average molecular weight is 453 g/mol. The summed E-state index contributed by atoms with van der Waals surface area (Å²) >= 11 is 0. The van der Waals surface area contributed by atoms with E-state index in [1.165, 1.54) is 0 Å². The van der Waals surface area contributed by atoms with Crippen molar-refractivity contribution in [2.75, 3.05) is 20.4 Å². The number of alkyl halides is 1. The molecule has 1 aliphatic heterocycles. The van der Waals surface area contributed by atoms with E-state index >= 15 is 0 Å². The number of aromatic nitrogens is 4. The minimum atomic E-state index is -1.18. The molecule has 5 rings (SSSR count). The third-order valence-corrected chi connectivity index (χ3v) is 6.31. The van der Waals surface area contributed by atoms with Crippen molar-refractivity contribution < 1.29 is 23.6 Å². The Morgan fingerprint density at radius 3 is 2.79 bits per heavy atom. The van der Waals surface area contributed by atoms with Crippen molar-refractivity contribution in [1.29, 1.82) is 0 Å². The molecule has 3 heterocycles. The fraction of sp³-hybridized carbons (Fsp3) is 0.409. The molecule has 1 aromatic carbocycles. The summed E-state index contributed by atoms with van der Waals surface area (Å²) in [5.41, 5.74) is 2.22. The second kappa shape index (κ2) is 9.09. The molecule has 2 fully saturated rings. The topological polar surface area (TPSA) is 94.8 Å². The largest absolute Gasteiger partial charge is 0.470 e. The molecule has 1 aliphatic carbocycles. The maximum Gasteiger partial charge on any atom is 0.376 e. The summed E-state index contributed by atoms with van der Waals surface area (Å²) in [6, 6.07) is 8.84. The monoisotopic (exact) mass is 453 g/mol. The Morgan fingerprint density at radius 2 is 2.12 bits per heavy atom. The predicted molar refractivity (Wildman–Crippen MR) is 119 cm³/mol. The highest BCUT2D eigenvalue weighted by Crippen LogP contribution is 2.42. The van der Waals surface area contributed by atoms with Crippen LogP contribution >= 0.6 is 0 Å². The van der Waals surface area contributed by atoms with E-state index in [0.29, 0.717) is 24.4 Å². The molecule has 172 valence electrons. The van der Waals surface area contributed by atoms with E-state index in [4.69, 9.17) is 14.2 Å². The first-order valence-electron chi connectivity index (χ1n) is 10.9. The minimum absolute atomic E-state index is 0.0193. The average Bonchev–Trinajstić information content (AvgIpc) is 3.57. The highest BCUT2D eigenvalue weighted by Gasteiger charge is 2.55. The number of ether oxygens (including phenoxy) is 3. The number of hydrogen-bond donors (Lipinski definition) is 1. The maximum atomic E-state index is 14.9. The van der Waals surface area contributed by atoms with E-state index in [-0.39, 0.29) is 24.6 Å². The zero-order chi connectivity index (χ0) is 22.9. The van der Waals surface area contributed by atoms with Crippen LogP contribution in [-0.4, -0.2) is 75.4 Å². The lowest BCUT2D eigenvalue weighted by molar-refractivity contribution is 0.0334. The number of rotatable bonds is 8. The number of fused-ring (bicyclic) bond motifs is 2. The van der Waals surface area contributed by atoms with Crippen LogP contribution in [0.4, 0.5) is 4.39 Å². The Morgan fingerprint density at radius 1 is 1.24 bits per heavy atom. The standard InChI is InChI=1S/C22H25BFN5O4/c1-23(30)29-11-14-9-18(29)21(24)22(14)33-20-6-5-17(26-27-20)16-4-3-15(28-8-7-25-12-28)10-19(16)32-13-31-2/h3-8,10,12,14,18,21-22,30H,9,11,13H2,1-2H3/t14?,18?,21-,22+/m0/s1. The molecule has 0 amide bonds. The minimum Gasteiger partial charge on any atom is -0.470 e. The number of piperidine rings is 1. The van der Waals surface area contributed by atoms with Crippen molar-refractivity contribution in [3.05, 3.63) is 49.1 Å². The van der Waals surface area contributed by atoms with Gasteiger partial charge in [0, 0.05) is 49.2 Å². The van der Waals surface area contributed by atoms with Gasteiger partial charge in [-0.3, -0.25) is 0 Å². The van der Waals surface area contributed by atoms with Crippen LogP contribution in [0.2, 0.25) is 6.82 Å². The lowest BCUT2D eigenvalue weighted by Crippen LogP contribution is -2.53. The van der Waals surface area contributed by atoms with Crippen LogP contribution in [0.25, 0.3) is 16.9 Å². The summed E-state index contributed by atoms with van der Waals surface area (Å²) in [6.45, 7) is 2.36. The molecule has 3 aromatic rings. The van der Waals surface area contributed by atoms with Crippen molar-refractivity contribution in [3.63, 3.8) is 0 Å². The molecular weight excluding hydrogens is 428 g/mol. The fourth-order valence-corrected chi connectivity index (χ4v) is 4.75. The summed E-state index contributed by atoms with van der Waals surface area (Å²) in [7, 11) is 0.896. The number of methoxy groups -OCH3 is 1. The van der Waals surface area contributed by atoms with Crippen LogP contribution in [0.1, 0.15) is 6.42 Å². The van der Waals surface area contributed by atoms with Gasteiger partial charge in [-0.15, -0.1) is 10.2 Å². The Kier molecular flexibility index (Phi) is 6.00. The summed E-state index contributed by atoms with van der Waals surface area (Å²) < 4.78 is 33.5. The van der Waals surface area contributed by atoms with Crippen molar-refractivity contribution in [3.8, 4) is 28.6 Å². The van der Waals surface area contributed by atoms with Crippen LogP contribution in [0.15, 0.2) is 49.1 Å². The molecule has 0 spiro atoms. The van der Waals surface area contributed by atoms with E-state index in [1.807, 2.05) is 29.0 Å². The molecule has 9 nitrogen and oxygen atoms in total. The van der Waals surface area contributed by atoms with Gasteiger partial charge in [-0.2, -0.15) is 0 Å². The molecule has 11 heteroatoms. The van der Waals surface area contributed by atoms with Crippen molar-refractivity contribution in [1.82, 2.24) is 24.6 Å². The molecule has 1 saturated carbocycles. The summed E-state index contributed by atoms with van der Waals surface area (Å²) in [5.74, 6) is 0.879. The Labute approximate surface area is 191 Å². The second-order valence-electron chi connectivity index (χ2n) is 8.38. The van der Waals surface area contributed by atoms with Gasteiger partial charge in [0.05, 0.1) is 17.7 Å². The molecule has 2 unspecified atom stereocenters. The molecule has 2 aliphatic rings. The number of imidazole rings is 1. The van der Waals surface area contributed by atoms with Crippen molar-refractivity contribution in [2.24, 2.45) is 5.92 Å². The first-order chi connectivity index (χ1) is 16.0. The third-order valence-electron chi connectivity index (χ3n) is 6.31. The van der Waals surface area contributed by atoms with Gasteiger partial charge in [0.1, 0.15) is 11.9 Å². The van der Waals surface area contributed by atoms with Gasteiger partial charge < -0.3 is 28.6 Å². The van der Waals surface area contributed by atoms with E-state index in [1.54, 1.807) is 43.4 Å². The van der Waals surface area contributed by atoms with Gasteiger partial charge in [-0.25, -0.2) is 9.37 Å². The highest BCUT2D eigenvalue weighted by molar-refractivity contribution is 6.45. The van der Waals surface area contributed by atoms with E-state index in [9.17, 15) is 9.41 Å². The summed E-state index contributed by atoms with van der Waals surface area (Å²) in [5, 5.41) is 18.3. The zero-order valence-corrected chi connectivity index (χ0v) is 18.4. The third kappa shape index (κ3) is 4.19. The second-order valence-corrected chi connectivity index (χ2v) is 8.38. The molecule has 2 bridgehead atoms. The molecule has 0 radical (unpaired) electrons. The van der Waals surface area contributed by atoms with Gasteiger partial charge >= 0.3 is 7.05 Å². The van der Waals surface area contributed by atoms with Crippen LogP contribution in [0.3, 0.4) is 0 Å². The number of nitrogens with zero attached hydrogens (tertiary/aromatic N) is 5. The van der Waals surface area contributed by atoms with Crippen molar-refractivity contribution >= 4 is 7.05 Å². The predicted octanol–water partition coefficient (Wildman–Crippen LogP) is 2.21. The molecular formula is C22H25BFN5O4. The smallest absolute Gasteiger partial charge is 0.376 e. The first-order valence-corrected chi connectivity index (χ1v) is 10.9. The lowest BCUT2D eigenvalue weighted by Gasteiger charge is -2.34. The van der Waals surface area contributed by atoms with E-state index < -0.39 is 19.3 Å². The summed E-state index contributed by atoms with van der Waals surface area (Å²) in [6.07, 6.45) is 4.16. The first kappa shape index (κ1) is 21.8. The Balaban J connectivity index is 1.33. The fourth-order valence-electron chi connectivity index (χ4n) is 4.75. The Bertz CT molecular complexity index is 1080. The number of benzene rings is 1. The van der Waals surface area contributed by atoms with Gasteiger partial charge in [0.15, 0.2) is 13.0 Å². The normalized spacial score (nSPS) is 24.2. The van der Waals surface area contributed by atoms with E-state index in [2.05, 4.69) is 15.2 Å². The highest BCUT2D eigenvalue weighted by atomic mass is 19.1. The zero-order valence-electron chi connectivity index (χ0n) is 18.4. The number of halogens is 1. The molecule has 33 heavy (non-hydrogen) atoms. The van der Waals surface area contributed by atoms with Crippen LogP contribution in [-0.2, 0) is 4.74 Å². The van der Waals surface area contributed by atoms with Crippen molar-refractivity contribution in [2.45, 2.75) is 31.6 Å². The molecule has 2 aromatic heterocycles. The Hall–Kier alpha value is -3.02. The lowest BCUT2D eigenvalue weighted by atomic mass is 9.82. The van der Waals surface area contributed by atoms with Gasteiger partial charge in [0.25, 0.3) is 0 Å². The molecule has 1 N–H and O–H groups in total. The molecule has 1 saturated heterocycles. The molecule has 4 atom stereocenters. The van der Waals surface area contributed by atoms with E-state index in [0.717, 1.165) is 11.3 Å². The van der Waals surface area contributed by atoms with Crippen LogP contribution in [0, 0.1) is 5.92 Å². The van der Waals surface area contributed by atoms with Gasteiger partial charge in [-0.1, -0.05) is 0 Å². The van der Waals surface area contributed by atoms with Crippen LogP contribution in [0.5, 0.6) is 11.6 Å².